The van der Waals surface area contributed by atoms with Gasteiger partial charge in [0.25, 0.3) is 0 Å². The average molecular weight is 839 g/mol. The summed E-state index contributed by atoms with van der Waals surface area (Å²) in [6.07, 6.45) is 11.8. The predicted octanol–water partition coefficient (Wildman–Crippen LogP) is 8.73. The lowest BCUT2D eigenvalue weighted by Crippen LogP contribution is -2.53. The van der Waals surface area contributed by atoms with E-state index in [0.717, 1.165) is 107 Å². The predicted molar refractivity (Wildman–Crippen MR) is 239 cm³/mol. The Hall–Kier alpha value is -5.78. The van der Waals surface area contributed by atoms with E-state index in [1.54, 1.807) is 0 Å². The molecule has 3 amide bonds. The number of ether oxygens (including phenoxy) is 2. The highest BCUT2D eigenvalue weighted by Gasteiger charge is 2.45. The number of hydrogen-bond donors (Lipinski definition) is 2. The van der Waals surface area contributed by atoms with Crippen molar-refractivity contribution < 1.29 is 28.7 Å². The number of nitrogens with zero attached hydrogens (tertiary/aromatic N) is 4. The summed E-state index contributed by atoms with van der Waals surface area (Å²) < 4.78 is 9.85. The molecular formula is C50H58N6O6. The number of likely N-dealkylation sites (tertiary alicyclic amines) is 2. The van der Waals surface area contributed by atoms with Crippen LogP contribution in [0.15, 0.2) is 78.1 Å². The average Bonchev–Trinajstić information content (AvgIpc) is 4.08. The molecule has 62 heavy (non-hydrogen) atoms. The van der Waals surface area contributed by atoms with Gasteiger partial charge >= 0.3 is 12.1 Å². The lowest BCUT2D eigenvalue weighted by molar-refractivity contribution is -0.149. The van der Waals surface area contributed by atoms with Crippen molar-refractivity contribution in [1.29, 1.82) is 0 Å². The summed E-state index contributed by atoms with van der Waals surface area (Å²) in [5.74, 6) is 1.18. The van der Waals surface area contributed by atoms with Crippen molar-refractivity contribution in [2.24, 2.45) is 34.6 Å². The SMILES string of the molecule is COC(=O)C[C@H](C(=O)N1C[C@@H](C)C[C@H]1C1=NC=C(c2ccc(-c3ccc4cc(-c5cnc([C@@H]6C[C@H](C)CN6C(=O)[C@@H](NC(=O)OC)C6CCC6)[nH]5)ccc4c3)cc2)C1)C1CCC1. The summed E-state index contributed by atoms with van der Waals surface area (Å²) in [6.45, 7) is 5.65. The van der Waals surface area contributed by atoms with Crippen molar-refractivity contribution in [3.05, 3.63) is 84.4 Å². The molecule has 12 nitrogen and oxygen atoms in total. The second-order valence-electron chi connectivity index (χ2n) is 18.6. The zero-order valence-corrected chi connectivity index (χ0v) is 36.3. The molecule has 3 aromatic carbocycles. The fraction of sp³-hybridized carbons (Fsp3) is 0.480. The van der Waals surface area contributed by atoms with E-state index in [-0.39, 0.29) is 54.0 Å². The molecule has 2 N–H and O–H groups in total. The number of benzene rings is 3. The molecular weight excluding hydrogens is 781 g/mol. The van der Waals surface area contributed by atoms with E-state index in [1.807, 2.05) is 22.2 Å². The third-order valence-electron chi connectivity index (χ3n) is 14.4. The first kappa shape index (κ1) is 41.6. The maximum absolute atomic E-state index is 14.0. The summed E-state index contributed by atoms with van der Waals surface area (Å²) in [5.41, 5.74) is 7.45. The highest BCUT2D eigenvalue weighted by atomic mass is 16.5. The molecule has 0 spiro atoms. The number of amides is 3. The number of H-pyrrole nitrogens is 1. The van der Waals surface area contributed by atoms with Crippen LogP contribution in [0.25, 0.3) is 38.7 Å². The van der Waals surface area contributed by atoms with Crippen LogP contribution in [0.4, 0.5) is 4.79 Å². The normalized spacial score (nSPS) is 23.6. The van der Waals surface area contributed by atoms with Crippen molar-refractivity contribution in [3.63, 3.8) is 0 Å². The van der Waals surface area contributed by atoms with Gasteiger partial charge in [0.1, 0.15) is 11.9 Å². The molecule has 2 saturated heterocycles. The minimum absolute atomic E-state index is 0.0519. The summed E-state index contributed by atoms with van der Waals surface area (Å²) in [6, 6.07) is 20.8. The molecule has 2 aliphatic carbocycles. The number of alkyl carbamates (subject to hydrolysis) is 1. The lowest BCUT2D eigenvalue weighted by Gasteiger charge is -2.36. The molecule has 0 unspecified atom stereocenters. The Balaban J connectivity index is 0.851. The standard InChI is InChI=1S/C50H58N6O6/c1-29-19-43(55(27-29)48(58)40(24-45(57)61-3)33-7-5-8-33)41-23-39(25-51-41)32-13-11-31(12-14-32)35-15-16-37-22-38(18-17-36(37)21-35)42-26-52-47(53-42)44-20-30(2)28-56(44)49(59)46(34-9-6-10-34)54-50(60)62-4/h11-18,21-22,25-26,29-30,33-34,40,43-44,46H,5-10,19-20,23-24,27-28H2,1-4H3,(H,52,53)(H,54,60)/t29-,30-,40-,43-,44-,46-/m0/s1. The van der Waals surface area contributed by atoms with Crippen LogP contribution in [-0.4, -0.2) is 88.7 Å². The number of aromatic amines is 1. The number of allylic oxidation sites excluding steroid dienone is 1. The van der Waals surface area contributed by atoms with Gasteiger partial charge in [0, 0.05) is 37.0 Å². The number of hydrogen-bond acceptors (Lipinski definition) is 8. The Labute approximate surface area is 363 Å². The minimum Gasteiger partial charge on any atom is -0.469 e. The van der Waals surface area contributed by atoms with Crippen LogP contribution >= 0.6 is 0 Å². The Morgan fingerprint density at radius 3 is 2.02 bits per heavy atom. The molecule has 4 aromatic rings. The van der Waals surface area contributed by atoms with Crippen molar-refractivity contribution in [1.82, 2.24) is 25.1 Å². The van der Waals surface area contributed by atoms with Crippen molar-refractivity contribution in [3.8, 4) is 22.4 Å². The van der Waals surface area contributed by atoms with Crippen LogP contribution in [0.2, 0.25) is 0 Å². The highest BCUT2D eigenvalue weighted by Crippen LogP contribution is 2.41. The van der Waals surface area contributed by atoms with Gasteiger partial charge in [0.05, 0.1) is 50.5 Å². The third kappa shape index (κ3) is 8.28. The number of aromatic nitrogens is 2. The molecule has 3 aliphatic heterocycles. The summed E-state index contributed by atoms with van der Waals surface area (Å²) >= 11 is 0. The summed E-state index contributed by atoms with van der Waals surface area (Å²) in [7, 11) is 2.72. The Morgan fingerprint density at radius 2 is 1.37 bits per heavy atom. The van der Waals surface area contributed by atoms with Gasteiger partial charge in [-0.3, -0.25) is 19.4 Å². The van der Waals surface area contributed by atoms with Gasteiger partial charge in [-0.1, -0.05) is 75.2 Å². The molecule has 6 atom stereocenters. The molecule has 2 saturated carbocycles. The molecule has 5 aliphatic rings. The van der Waals surface area contributed by atoms with Crippen molar-refractivity contribution >= 4 is 45.9 Å². The van der Waals surface area contributed by atoms with Gasteiger partial charge in [0.15, 0.2) is 0 Å². The molecule has 9 rings (SSSR count). The van der Waals surface area contributed by atoms with Crippen molar-refractivity contribution in [2.75, 3.05) is 27.3 Å². The smallest absolute Gasteiger partial charge is 0.407 e. The number of aliphatic imine (C=N–C) groups is 1. The second-order valence-corrected chi connectivity index (χ2v) is 18.6. The molecule has 0 bridgehead atoms. The second kappa shape index (κ2) is 17.5. The molecule has 324 valence electrons. The number of carbonyl (C=O) groups excluding carboxylic acids is 4. The van der Waals surface area contributed by atoms with E-state index in [0.29, 0.717) is 31.3 Å². The van der Waals surface area contributed by atoms with E-state index in [2.05, 4.69) is 84.8 Å². The number of nitrogens with one attached hydrogen (secondary N) is 2. The van der Waals surface area contributed by atoms with E-state index >= 15 is 0 Å². The van der Waals surface area contributed by atoms with Gasteiger partial charge < -0.3 is 29.6 Å². The first-order valence-electron chi connectivity index (χ1n) is 22.5. The number of esters is 1. The van der Waals surface area contributed by atoms with Gasteiger partial charge in [-0.25, -0.2) is 9.78 Å². The summed E-state index contributed by atoms with van der Waals surface area (Å²) in [5, 5.41) is 5.07. The fourth-order valence-electron chi connectivity index (χ4n) is 10.4. The van der Waals surface area contributed by atoms with E-state index in [1.165, 1.54) is 14.2 Å². The first-order valence-corrected chi connectivity index (χ1v) is 22.5. The minimum atomic E-state index is -0.594. The Kier molecular flexibility index (Phi) is 11.8. The molecule has 4 fully saturated rings. The first-order chi connectivity index (χ1) is 30.1. The zero-order chi connectivity index (χ0) is 43.1. The highest BCUT2D eigenvalue weighted by molar-refractivity contribution is 6.03. The lowest BCUT2D eigenvalue weighted by atomic mass is 9.74. The molecule has 0 radical (unpaired) electrons. The van der Waals surface area contributed by atoms with Crippen LogP contribution in [0.5, 0.6) is 0 Å². The van der Waals surface area contributed by atoms with E-state index in [4.69, 9.17) is 19.5 Å². The number of methoxy groups -OCH3 is 2. The van der Waals surface area contributed by atoms with E-state index < -0.39 is 12.1 Å². The van der Waals surface area contributed by atoms with Crippen LogP contribution in [0.1, 0.15) is 95.5 Å². The van der Waals surface area contributed by atoms with Gasteiger partial charge in [-0.15, -0.1) is 0 Å². The fourth-order valence-corrected chi connectivity index (χ4v) is 10.4. The largest absolute Gasteiger partial charge is 0.469 e. The number of carbonyl (C=O) groups is 4. The monoisotopic (exact) mass is 838 g/mol. The number of rotatable bonds is 12. The van der Waals surface area contributed by atoms with Crippen molar-refractivity contribution in [2.45, 2.75) is 96.2 Å². The van der Waals surface area contributed by atoms with Crippen LogP contribution in [-0.2, 0) is 23.9 Å². The molecule has 12 heteroatoms. The maximum Gasteiger partial charge on any atom is 0.407 e. The van der Waals surface area contributed by atoms with Crippen LogP contribution in [0, 0.1) is 29.6 Å². The quantitative estimate of drug-likeness (QED) is 0.136. The topological polar surface area (TPSA) is 146 Å². The van der Waals surface area contributed by atoms with Crippen LogP contribution in [0.3, 0.4) is 0 Å². The number of imidazole rings is 1. The maximum atomic E-state index is 14.0. The van der Waals surface area contributed by atoms with Crippen LogP contribution < -0.4 is 5.32 Å². The van der Waals surface area contributed by atoms with Gasteiger partial charge in [-0.2, -0.15) is 0 Å². The molecule has 1 aromatic heterocycles. The van der Waals surface area contributed by atoms with Gasteiger partial charge in [-0.05, 0) is 107 Å². The van der Waals surface area contributed by atoms with Gasteiger partial charge in [0.2, 0.25) is 11.8 Å². The zero-order valence-electron chi connectivity index (χ0n) is 36.3. The number of fused-ring (bicyclic) bond motifs is 1. The van der Waals surface area contributed by atoms with E-state index in [9.17, 15) is 19.2 Å². The Morgan fingerprint density at radius 1 is 0.758 bits per heavy atom. The Bertz CT molecular complexity index is 2410. The third-order valence-corrected chi connectivity index (χ3v) is 14.4. The summed E-state index contributed by atoms with van der Waals surface area (Å²) in [4.78, 5) is 69.6. The molecule has 4 heterocycles.